The fourth-order valence-corrected chi connectivity index (χ4v) is 4.04. The van der Waals surface area contributed by atoms with Gasteiger partial charge in [-0.25, -0.2) is 4.79 Å². The molecule has 0 spiro atoms. The van der Waals surface area contributed by atoms with Crippen LogP contribution < -0.4 is 0 Å². The molecule has 34 heavy (non-hydrogen) atoms. The van der Waals surface area contributed by atoms with Gasteiger partial charge in [0.2, 0.25) is 5.91 Å². The molecule has 0 saturated carbocycles. The number of halogens is 3. The quantitative estimate of drug-likeness (QED) is 0.545. The monoisotopic (exact) mass is 473 g/mol. The van der Waals surface area contributed by atoms with E-state index >= 15 is 0 Å². The fraction of sp³-hybridized carbons (Fsp3) is 0.292. The maximum Gasteiger partial charge on any atom is 0.416 e. The van der Waals surface area contributed by atoms with Gasteiger partial charge in [0, 0.05) is 48.8 Å². The molecule has 1 aliphatic rings. The third-order valence-electron chi connectivity index (χ3n) is 5.88. The first-order valence-electron chi connectivity index (χ1n) is 10.6. The maximum atomic E-state index is 12.9. The fourth-order valence-electron chi connectivity index (χ4n) is 4.04. The Bertz CT molecular complexity index is 1230. The number of methoxy groups -OCH3 is 1. The molecule has 10 heteroatoms. The average molecular weight is 473 g/mol. The summed E-state index contributed by atoms with van der Waals surface area (Å²) in [5.74, 6) is -1.03. The van der Waals surface area contributed by atoms with Crippen LogP contribution >= 0.6 is 0 Å². The van der Waals surface area contributed by atoms with E-state index in [1.54, 1.807) is 27.8 Å². The van der Waals surface area contributed by atoms with Crippen molar-refractivity contribution in [3.8, 4) is 0 Å². The van der Waals surface area contributed by atoms with Gasteiger partial charge in [0.15, 0.2) is 0 Å². The van der Waals surface area contributed by atoms with Crippen molar-refractivity contribution in [2.75, 3.05) is 33.3 Å². The standard InChI is InChI=1S/C24H22F3N3O4/c1-34-23(33)19-14-30(20-5-3-2-4-18(19)20)15-21(31)28-10-12-29(13-11-28)22(32)16-6-8-17(9-7-16)24(25,26)27/h2-9,14H,10-13,15H2,1H3. The number of aromatic nitrogens is 1. The van der Waals surface area contributed by atoms with E-state index in [1.807, 2.05) is 12.1 Å². The zero-order chi connectivity index (χ0) is 24.5. The molecule has 1 aromatic heterocycles. The number of carbonyl (C=O) groups is 3. The molecule has 7 nitrogen and oxygen atoms in total. The van der Waals surface area contributed by atoms with Gasteiger partial charge in [-0.3, -0.25) is 9.59 Å². The molecule has 1 saturated heterocycles. The van der Waals surface area contributed by atoms with E-state index in [9.17, 15) is 27.6 Å². The number of amides is 2. The number of ether oxygens (including phenoxy) is 1. The number of para-hydroxylation sites is 1. The third kappa shape index (κ3) is 4.61. The highest BCUT2D eigenvalue weighted by Crippen LogP contribution is 2.29. The molecule has 0 atom stereocenters. The van der Waals surface area contributed by atoms with E-state index in [0.717, 1.165) is 17.6 Å². The molecule has 3 aromatic rings. The second-order valence-corrected chi connectivity index (χ2v) is 7.93. The summed E-state index contributed by atoms with van der Waals surface area (Å²) in [4.78, 5) is 40.8. The van der Waals surface area contributed by atoms with Gasteiger partial charge in [0.25, 0.3) is 5.91 Å². The largest absolute Gasteiger partial charge is 0.465 e. The van der Waals surface area contributed by atoms with E-state index in [2.05, 4.69) is 0 Å². The Kier molecular flexibility index (Phi) is 6.32. The molecular weight excluding hydrogens is 451 g/mol. The predicted octanol–water partition coefficient (Wildman–Crippen LogP) is 3.43. The van der Waals surface area contributed by atoms with Crippen LogP contribution in [0.3, 0.4) is 0 Å². The van der Waals surface area contributed by atoms with Gasteiger partial charge in [-0.05, 0) is 30.3 Å². The molecule has 0 unspecified atom stereocenters. The minimum Gasteiger partial charge on any atom is -0.465 e. The molecule has 0 N–H and O–H groups in total. The van der Waals surface area contributed by atoms with E-state index in [-0.39, 0.29) is 37.0 Å². The summed E-state index contributed by atoms with van der Waals surface area (Å²) in [6.07, 6.45) is -2.87. The van der Waals surface area contributed by atoms with Crippen LogP contribution in [0.2, 0.25) is 0 Å². The summed E-state index contributed by atoms with van der Waals surface area (Å²) >= 11 is 0. The zero-order valence-electron chi connectivity index (χ0n) is 18.3. The number of piperazine rings is 1. The molecule has 2 heterocycles. The molecule has 0 bridgehead atoms. The number of hydrogen-bond donors (Lipinski definition) is 0. The van der Waals surface area contributed by atoms with Gasteiger partial charge >= 0.3 is 12.1 Å². The number of alkyl halides is 3. The van der Waals surface area contributed by atoms with Crippen LogP contribution in [-0.2, 0) is 22.3 Å². The van der Waals surface area contributed by atoms with Crippen LogP contribution in [0.1, 0.15) is 26.3 Å². The second kappa shape index (κ2) is 9.20. The third-order valence-corrected chi connectivity index (χ3v) is 5.88. The Balaban J connectivity index is 1.40. The summed E-state index contributed by atoms with van der Waals surface area (Å²) in [6.45, 7) is 1.16. The average Bonchev–Trinajstić information content (AvgIpc) is 3.21. The Morgan fingerprint density at radius 1 is 0.912 bits per heavy atom. The van der Waals surface area contributed by atoms with Gasteiger partial charge < -0.3 is 19.1 Å². The van der Waals surface area contributed by atoms with Crippen LogP contribution in [0, 0.1) is 0 Å². The maximum absolute atomic E-state index is 12.9. The van der Waals surface area contributed by atoms with Crippen LogP contribution in [0.15, 0.2) is 54.7 Å². The molecule has 0 radical (unpaired) electrons. The summed E-state index contributed by atoms with van der Waals surface area (Å²) in [6, 6.07) is 11.3. The lowest BCUT2D eigenvalue weighted by Gasteiger charge is -2.35. The lowest BCUT2D eigenvalue weighted by molar-refractivity contribution is -0.137. The zero-order valence-corrected chi connectivity index (χ0v) is 18.3. The SMILES string of the molecule is COC(=O)c1cn(CC(=O)N2CCN(C(=O)c3ccc(C(F)(F)F)cc3)CC2)c2ccccc12. The van der Waals surface area contributed by atoms with Crippen molar-refractivity contribution in [3.63, 3.8) is 0 Å². The Morgan fingerprint density at radius 2 is 1.53 bits per heavy atom. The van der Waals surface area contributed by atoms with Crippen molar-refractivity contribution in [3.05, 3.63) is 71.4 Å². The highest BCUT2D eigenvalue weighted by molar-refractivity contribution is 6.04. The van der Waals surface area contributed by atoms with Gasteiger partial charge in [-0.2, -0.15) is 13.2 Å². The first kappa shape index (κ1) is 23.3. The molecule has 2 amide bonds. The molecule has 2 aromatic carbocycles. The number of nitrogens with zero attached hydrogens (tertiary/aromatic N) is 3. The van der Waals surface area contributed by atoms with Gasteiger partial charge in [0.05, 0.1) is 18.2 Å². The summed E-state index contributed by atoms with van der Waals surface area (Å²) in [5, 5.41) is 0.689. The van der Waals surface area contributed by atoms with E-state index in [0.29, 0.717) is 24.0 Å². The number of rotatable bonds is 4. The second-order valence-electron chi connectivity index (χ2n) is 7.93. The summed E-state index contributed by atoms with van der Waals surface area (Å²) in [5.41, 5.74) is 0.458. The highest BCUT2D eigenvalue weighted by atomic mass is 19.4. The van der Waals surface area contributed by atoms with Crippen LogP contribution in [0.4, 0.5) is 13.2 Å². The van der Waals surface area contributed by atoms with E-state index in [1.165, 1.54) is 24.1 Å². The summed E-state index contributed by atoms with van der Waals surface area (Å²) < 4.78 is 44.7. The van der Waals surface area contributed by atoms with Crippen molar-refractivity contribution >= 4 is 28.7 Å². The van der Waals surface area contributed by atoms with Gasteiger partial charge in [-0.15, -0.1) is 0 Å². The normalized spacial score (nSPS) is 14.4. The molecule has 178 valence electrons. The van der Waals surface area contributed by atoms with Crippen LogP contribution in [0.5, 0.6) is 0 Å². The van der Waals surface area contributed by atoms with Crippen molar-refractivity contribution in [1.29, 1.82) is 0 Å². The Hall–Kier alpha value is -3.82. The van der Waals surface area contributed by atoms with Crippen molar-refractivity contribution in [1.82, 2.24) is 14.4 Å². The number of carbonyl (C=O) groups excluding carboxylic acids is 3. The van der Waals surface area contributed by atoms with Crippen LogP contribution in [-0.4, -0.2) is 65.4 Å². The van der Waals surface area contributed by atoms with Gasteiger partial charge in [0.1, 0.15) is 6.54 Å². The Labute approximate surface area is 193 Å². The first-order valence-corrected chi connectivity index (χ1v) is 10.6. The predicted molar refractivity (Wildman–Crippen MR) is 117 cm³/mol. The number of fused-ring (bicyclic) bond motifs is 1. The molecule has 1 fully saturated rings. The van der Waals surface area contributed by atoms with Crippen LogP contribution in [0.25, 0.3) is 10.9 Å². The molecule has 4 rings (SSSR count). The minimum atomic E-state index is -4.46. The summed E-state index contributed by atoms with van der Waals surface area (Å²) in [7, 11) is 1.30. The number of hydrogen-bond acceptors (Lipinski definition) is 4. The molecular formula is C24H22F3N3O4. The lowest BCUT2D eigenvalue weighted by atomic mass is 10.1. The van der Waals surface area contributed by atoms with E-state index in [4.69, 9.17) is 4.74 Å². The van der Waals surface area contributed by atoms with Crippen molar-refractivity contribution < 1.29 is 32.3 Å². The first-order chi connectivity index (χ1) is 16.2. The Morgan fingerprint density at radius 3 is 2.15 bits per heavy atom. The minimum absolute atomic E-state index is 0.0182. The topological polar surface area (TPSA) is 71.8 Å². The van der Waals surface area contributed by atoms with Crippen molar-refractivity contribution in [2.24, 2.45) is 0 Å². The number of benzene rings is 2. The molecule has 0 aliphatic carbocycles. The lowest BCUT2D eigenvalue weighted by Crippen LogP contribution is -2.51. The smallest absolute Gasteiger partial charge is 0.416 e. The van der Waals surface area contributed by atoms with Gasteiger partial charge in [-0.1, -0.05) is 18.2 Å². The molecule has 1 aliphatic heterocycles. The highest BCUT2D eigenvalue weighted by Gasteiger charge is 2.31. The number of esters is 1. The van der Waals surface area contributed by atoms with E-state index < -0.39 is 17.7 Å². The van der Waals surface area contributed by atoms with Crippen molar-refractivity contribution in [2.45, 2.75) is 12.7 Å².